The van der Waals surface area contributed by atoms with Gasteiger partial charge in [0.05, 0.1) is 0 Å². The van der Waals surface area contributed by atoms with Crippen molar-refractivity contribution in [3.05, 3.63) is 42.0 Å². The highest BCUT2D eigenvalue weighted by molar-refractivity contribution is 5.95. The molecule has 0 bridgehead atoms. The number of ketones is 1. The lowest BCUT2D eigenvalue weighted by molar-refractivity contribution is 0.0988. The van der Waals surface area contributed by atoms with E-state index < -0.39 is 0 Å². The summed E-state index contributed by atoms with van der Waals surface area (Å²) in [5, 5.41) is 4.08. The monoisotopic (exact) mass is 259 g/mol. The molecule has 0 unspecified atom stereocenters. The van der Waals surface area contributed by atoms with E-state index in [1.54, 1.807) is 28.9 Å². The van der Waals surface area contributed by atoms with E-state index in [-0.39, 0.29) is 5.78 Å². The normalized spacial score (nSPS) is 10.4. The minimum atomic E-state index is 0.136. The largest absolute Gasteiger partial charge is 0.486 e. The third-order valence-corrected chi connectivity index (χ3v) is 2.86. The molecule has 0 amide bonds. The van der Waals surface area contributed by atoms with E-state index in [1.165, 1.54) is 6.33 Å². The molecule has 0 atom stereocenters. The zero-order valence-corrected chi connectivity index (χ0v) is 11.2. The van der Waals surface area contributed by atoms with Crippen LogP contribution in [0.3, 0.4) is 0 Å². The van der Waals surface area contributed by atoms with Crippen molar-refractivity contribution >= 4 is 5.78 Å². The standard InChI is InChI=1S/C14H17N3O2/c1-3-13(18)11-5-7-12(8-6-11)19-9-14-15-10-16-17(14)4-2/h5-8,10H,3-4,9H2,1-2H3. The highest BCUT2D eigenvalue weighted by atomic mass is 16.5. The maximum Gasteiger partial charge on any atom is 0.164 e. The van der Waals surface area contributed by atoms with Gasteiger partial charge in [0.2, 0.25) is 0 Å². The van der Waals surface area contributed by atoms with Crippen molar-refractivity contribution in [2.45, 2.75) is 33.4 Å². The second kappa shape index (κ2) is 6.13. The Hall–Kier alpha value is -2.17. The van der Waals surface area contributed by atoms with Crippen molar-refractivity contribution in [3.8, 4) is 5.75 Å². The second-order valence-corrected chi connectivity index (χ2v) is 4.08. The molecule has 1 aromatic heterocycles. The molecule has 0 spiro atoms. The minimum absolute atomic E-state index is 0.136. The van der Waals surface area contributed by atoms with Crippen molar-refractivity contribution in [1.82, 2.24) is 14.8 Å². The van der Waals surface area contributed by atoms with Gasteiger partial charge in [0.1, 0.15) is 18.7 Å². The van der Waals surface area contributed by atoms with Gasteiger partial charge in [-0.1, -0.05) is 6.92 Å². The fourth-order valence-electron chi connectivity index (χ4n) is 1.75. The summed E-state index contributed by atoms with van der Waals surface area (Å²) in [6, 6.07) is 7.17. The highest BCUT2D eigenvalue weighted by Gasteiger charge is 2.05. The van der Waals surface area contributed by atoms with E-state index in [0.717, 1.165) is 18.1 Å². The maximum absolute atomic E-state index is 11.5. The van der Waals surface area contributed by atoms with E-state index in [4.69, 9.17) is 4.74 Å². The minimum Gasteiger partial charge on any atom is -0.486 e. The zero-order valence-electron chi connectivity index (χ0n) is 11.2. The van der Waals surface area contributed by atoms with Gasteiger partial charge in [0.15, 0.2) is 11.6 Å². The van der Waals surface area contributed by atoms with Gasteiger partial charge in [-0.15, -0.1) is 0 Å². The summed E-state index contributed by atoms with van der Waals surface area (Å²) < 4.78 is 7.41. The van der Waals surface area contributed by atoms with Crippen molar-refractivity contribution < 1.29 is 9.53 Å². The van der Waals surface area contributed by atoms with Gasteiger partial charge in [0, 0.05) is 18.5 Å². The number of hydrogen-bond donors (Lipinski definition) is 0. The van der Waals surface area contributed by atoms with E-state index in [0.29, 0.717) is 18.6 Å². The van der Waals surface area contributed by atoms with E-state index in [1.807, 2.05) is 13.8 Å². The van der Waals surface area contributed by atoms with Crippen LogP contribution >= 0.6 is 0 Å². The zero-order chi connectivity index (χ0) is 13.7. The molecule has 0 aliphatic carbocycles. The van der Waals surface area contributed by atoms with Gasteiger partial charge in [-0.25, -0.2) is 9.67 Å². The number of carbonyl (C=O) groups is 1. The molecule has 0 saturated carbocycles. The van der Waals surface area contributed by atoms with Crippen LogP contribution in [0.15, 0.2) is 30.6 Å². The third-order valence-electron chi connectivity index (χ3n) is 2.86. The Balaban J connectivity index is 1.98. The average molecular weight is 259 g/mol. The first kappa shape index (κ1) is 13.3. The molecular formula is C14H17N3O2. The van der Waals surface area contributed by atoms with Crippen LogP contribution < -0.4 is 4.74 Å². The number of carbonyl (C=O) groups excluding carboxylic acids is 1. The lowest BCUT2D eigenvalue weighted by Gasteiger charge is -2.07. The fraction of sp³-hybridized carbons (Fsp3) is 0.357. The first-order valence-corrected chi connectivity index (χ1v) is 6.37. The van der Waals surface area contributed by atoms with Gasteiger partial charge < -0.3 is 4.74 Å². The van der Waals surface area contributed by atoms with Gasteiger partial charge in [-0.2, -0.15) is 5.10 Å². The van der Waals surface area contributed by atoms with Crippen LogP contribution in [0.4, 0.5) is 0 Å². The van der Waals surface area contributed by atoms with Crippen LogP contribution in [-0.2, 0) is 13.2 Å². The lowest BCUT2D eigenvalue weighted by atomic mass is 10.1. The van der Waals surface area contributed by atoms with Crippen molar-refractivity contribution in [3.63, 3.8) is 0 Å². The Morgan fingerprint density at radius 2 is 2.00 bits per heavy atom. The summed E-state index contributed by atoms with van der Waals surface area (Å²) in [5.41, 5.74) is 0.714. The molecule has 19 heavy (non-hydrogen) atoms. The van der Waals surface area contributed by atoms with Crippen LogP contribution in [0.25, 0.3) is 0 Å². The summed E-state index contributed by atoms with van der Waals surface area (Å²) in [7, 11) is 0. The summed E-state index contributed by atoms with van der Waals surface area (Å²) in [4.78, 5) is 15.6. The molecule has 100 valence electrons. The van der Waals surface area contributed by atoms with E-state index in [9.17, 15) is 4.79 Å². The Morgan fingerprint density at radius 3 is 2.63 bits per heavy atom. The molecule has 0 N–H and O–H groups in total. The SMILES string of the molecule is CCC(=O)c1ccc(OCc2ncnn2CC)cc1. The lowest BCUT2D eigenvalue weighted by Crippen LogP contribution is -2.07. The molecule has 0 saturated heterocycles. The number of hydrogen-bond acceptors (Lipinski definition) is 4. The summed E-state index contributed by atoms with van der Waals surface area (Å²) in [6.07, 6.45) is 2.03. The molecular weight excluding hydrogens is 242 g/mol. The smallest absolute Gasteiger partial charge is 0.164 e. The second-order valence-electron chi connectivity index (χ2n) is 4.08. The maximum atomic E-state index is 11.5. The van der Waals surface area contributed by atoms with Crippen molar-refractivity contribution in [2.24, 2.45) is 0 Å². The number of aromatic nitrogens is 3. The molecule has 0 aliphatic rings. The predicted molar refractivity (Wildman–Crippen MR) is 71.1 cm³/mol. The van der Waals surface area contributed by atoms with Gasteiger partial charge in [0.25, 0.3) is 0 Å². The Bertz CT molecular complexity index is 546. The predicted octanol–water partition coefficient (Wildman–Crippen LogP) is 2.47. The molecule has 2 aromatic rings. The van der Waals surface area contributed by atoms with Gasteiger partial charge >= 0.3 is 0 Å². The van der Waals surface area contributed by atoms with Gasteiger partial charge in [-0.05, 0) is 31.2 Å². The number of nitrogens with zero attached hydrogens (tertiary/aromatic N) is 3. The topological polar surface area (TPSA) is 57.0 Å². The highest BCUT2D eigenvalue weighted by Crippen LogP contribution is 2.14. The first-order chi connectivity index (χ1) is 9.24. The summed E-state index contributed by atoms with van der Waals surface area (Å²) >= 11 is 0. The first-order valence-electron chi connectivity index (χ1n) is 6.37. The van der Waals surface area contributed by atoms with E-state index in [2.05, 4.69) is 10.1 Å². The molecule has 2 rings (SSSR count). The quantitative estimate of drug-likeness (QED) is 0.748. The van der Waals surface area contributed by atoms with Crippen LogP contribution in [-0.4, -0.2) is 20.5 Å². The van der Waals surface area contributed by atoms with Crippen molar-refractivity contribution in [2.75, 3.05) is 0 Å². The van der Waals surface area contributed by atoms with Crippen LogP contribution in [0.1, 0.15) is 36.5 Å². The van der Waals surface area contributed by atoms with Gasteiger partial charge in [-0.3, -0.25) is 4.79 Å². The van der Waals surface area contributed by atoms with Crippen molar-refractivity contribution in [1.29, 1.82) is 0 Å². The van der Waals surface area contributed by atoms with E-state index >= 15 is 0 Å². The van der Waals surface area contributed by atoms with Crippen LogP contribution in [0.5, 0.6) is 5.75 Å². The molecule has 0 aliphatic heterocycles. The summed E-state index contributed by atoms with van der Waals surface area (Å²) in [6.45, 7) is 4.99. The fourth-order valence-corrected chi connectivity index (χ4v) is 1.75. The average Bonchev–Trinajstić information content (AvgIpc) is 2.92. The molecule has 1 aromatic carbocycles. The number of rotatable bonds is 6. The number of benzene rings is 1. The Labute approximate surface area is 112 Å². The Morgan fingerprint density at radius 1 is 1.26 bits per heavy atom. The molecule has 0 fully saturated rings. The third kappa shape index (κ3) is 3.19. The van der Waals surface area contributed by atoms with Crippen LogP contribution in [0.2, 0.25) is 0 Å². The molecule has 5 heteroatoms. The molecule has 1 heterocycles. The number of Topliss-reactive ketones (excluding diaryl/α,β-unsaturated/α-hetero) is 1. The number of aryl methyl sites for hydroxylation is 1. The number of ether oxygens (including phenoxy) is 1. The Kier molecular flexibility index (Phi) is 4.28. The molecule has 0 radical (unpaired) electrons. The van der Waals surface area contributed by atoms with Crippen LogP contribution in [0, 0.1) is 0 Å². The summed E-state index contributed by atoms with van der Waals surface area (Å²) in [5.74, 6) is 1.65. The molecule has 5 nitrogen and oxygen atoms in total.